The van der Waals surface area contributed by atoms with Gasteiger partial charge < -0.3 is 24.5 Å². The summed E-state index contributed by atoms with van der Waals surface area (Å²) in [6, 6.07) is 5.62. The molecule has 0 bridgehead atoms. The van der Waals surface area contributed by atoms with Gasteiger partial charge in [-0.15, -0.1) is 0 Å². The average molecular weight is 332 g/mol. The van der Waals surface area contributed by atoms with Crippen LogP contribution in [-0.2, 0) is 30.9 Å². The molecule has 2 N–H and O–H groups in total. The molecule has 0 unspecified atom stereocenters. The second kappa shape index (κ2) is 6.16. The SMILES string of the molecule is COC(=O)C1(C(=O)OC)CNCCc2c1[nH]c1cc(OC)ccc21. The topological polar surface area (TPSA) is 89.7 Å². The largest absolute Gasteiger partial charge is 0.497 e. The highest BCUT2D eigenvalue weighted by Gasteiger charge is 2.53. The van der Waals surface area contributed by atoms with Crippen molar-refractivity contribution in [2.45, 2.75) is 11.8 Å². The normalized spacial score (nSPS) is 16.1. The molecule has 1 aliphatic heterocycles. The van der Waals surface area contributed by atoms with Crippen LogP contribution in [-0.4, -0.2) is 51.3 Å². The summed E-state index contributed by atoms with van der Waals surface area (Å²) in [5, 5.41) is 4.09. The number of aromatic nitrogens is 1. The van der Waals surface area contributed by atoms with Crippen molar-refractivity contribution in [3.63, 3.8) is 0 Å². The lowest BCUT2D eigenvalue weighted by Gasteiger charge is -2.27. The van der Waals surface area contributed by atoms with E-state index < -0.39 is 17.4 Å². The number of fused-ring (bicyclic) bond motifs is 3. The van der Waals surface area contributed by atoms with Crippen LogP contribution < -0.4 is 10.1 Å². The maximum Gasteiger partial charge on any atom is 0.330 e. The van der Waals surface area contributed by atoms with Crippen molar-refractivity contribution in [2.24, 2.45) is 0 Å². The lowest BCUT2D eigenvalue weighted by Crippen LogP contribution is -2.52. The van der Waals surface area contributed by atoms with Crippen LogP contribution in [0.25, 0.3) is 10.9 Å². The molecule has 0 radical (unpaired) electrons. The van der Waals surface area contributed by atoms with E-state index in [1.54, 1.807) is 7.11 Å². The van der Waals surface area contributed by atoms with Gasteiger partial charge >= 0.3 is 11.9 Å². The Morgan fingerprint density at radius 1 is 1.12 bits per heavy atom. The van der Waals surface area contributed by atoms with Crippen LogP contribution in [0.3, 0.4) is 0 Å². The Labute approximate surface area is 139 Å². The fourth-order valence-corrected chi connectivity index (χ4v) is 3.34. The Hall–Kier alpha value is -2.54. The maximum absolute atomic E-state index is 12.6. The molecule has 1 aliphatic rings. The third kappa shape index (κ3) is 2.24. The standard InChI is InChI=1S/C17H20N2O5/c1-22-10-4-5-11-12-6-7-18-9-17(15(20)23-2,16(21)24-3)14(12)19-13(11)8-10/h4-5,8,18-19H,6-7,9H2,1-3H3. The maximum atomic E-state index is 12.6. The minimum atomic E-state index is -1.55. The van der Waals surface area contributed by atoms with E-state index in [0.717, 1.165) is 16.5 Å². The van der Waals surface area contributed by atoms with Crippen molar-refractivity contribution in [1.82, 2.24) is 10.3 Å². The molecule has 1 aromatic carbocycles. The Morgan fingerprint density at radius 3 is 2.46 bits per heavy atom. The van der Waals surface area contributed by atoms with Gasteiger partial charge in [0.2, 0.25) is 5.41 Å². The minimum Gasteiger partial charge on any atom is -0.497 e. The number of esters is 2. The van der Waals surface area contributed by atoms with Crippen LogP contribution in [0.15, 0.2) is 18.2 Å². The number of carbonyl (C=O) groups excluding carboxylic acids is 2. The smallest absolute Gasteiger partial charge is 0.330 e. The number of benzene rings is 1. The zero-order valence-electron chi connectivity index (χ0n) is 13.9. The Balaban J connectivity index is 2.30. The molecule has 7 heteroatoms. The molecule has 0 saturated carbocycles. The molecule has 2 heterocycles. The average Bonchev–Trinajstić information content (AvgIpc) is 2.87. The number of nitrogens with one attached hydrogen (secondary N) is 2. The van der Waals surface area contributed by atoms with Crippen molar-refractivity contribution in [3.05, 3.63) is 29.5 Å². The van der Waals surface area contributed by atoms with Crippen molar-refractivity contribution < 1.29 is 23.8 Å². The zero-order valence-corrected chi connectivity index (χ0v) is 13.9. The predicted octanol–water partition coefficient (Wildman–Crippen LogP) is 0.906. The van der Waals surface area contributed by atoms with Gasteiger partial charge in [-0.2, -0.15) is 0 Å². The van der Waals surface area contributed by atoms with Gasteiger partial charge in [0.25, 0.3) is 0 Å². The Kier molecular flexibility index (Phi) is 4.19. The molecular formula is C17H20N2O5. The molecule has 3 rings (SSSR count). The number of carbonyl (C=O) groups is 2. The van der Waals surface area contributed by atoms with Gasteiger partial charge in [0.1, 0.15) is 5.75 Å². The highest BCUT2D eigenvalue weighted by Crippen LogP contribution is 2.36. The van der Waals surface area contributed by atoms with E-state index >= 15 is 0 Å². The van der Waals surface area contributed by atoms with Crippen LogP contribution in [0, 0.1) is 0 Å². The van der Waals surface area contributed by atoms with E-state index in [9.17, 15) is 9.59 Å². The van der Waals surface area contributed by atoms with E-state index in [1.807, 2.05) is 18.2 Å². The molecule has 2 aromatic rings. The third-order valence-corrected chi connectivity index (χ3v) is 4.55. The monoisotopic (exact) mass is 332 g/mol. The highest BCUT2D eigenvalue weighted by atomic mass is 16.5. The number of rotatable bonds is 3. The molecule has 0 atom stereocenters. The summed E-state index contributed by atoms with van der Waals surface area (Å²) in [4.78, 5) is 28.4. The molecule has 0 fully saturated rings. The zero-order chi connectivity index (χ0) is 17.3. The molecule has 0 aliphatic carbocycles. The fourth-order valence-electron chi connectivity index (χ4n) is 3.34. The van der Waals surface area contributed by atoms with Gasteiger partial charge in [-0.1, -0.05) is 0 Å². The van der Waals surface area contributed by atoms with Gasteiger partial charge in [0, 0.05) is 29.2 Å². The van der Waals surface area contributed by atoms with Gasteiger partial charge in [-0.3, -0.25) is 9.59 Å². The predicted molar refractivity (Wildman–Crippen MR) is 87.1 cm³/mol. The number of ether oxygens (including phenoxy) is 3. The summed E-state index contributed by atoms with van der Waals surface area (Å²) in [6.07, 6.45) is 0.678. The number of hydrogen-bond acceptors (Lipinski definition) is 6. The Morgan fingerprint density at radius 2 is 1.83 bits per heavy atom. The molecule has 0 spiro atoms. The summed E-state index contributed by atoms with van der Waals surface area (Å²) >= 11 is 0. The molecular weight excluding hydrogens is 312 g/mol. The first-order chi connectivity index (χ1) is 11.6. The quantitative estimate of drug-likeness (QED) is 0.641. The van der Waals surface area contributed by atoms with Crippen molar-refractivity contribution in [1.29, 1.82) is 0 Å². The number of H-pyrrole nitrogens is 1. The second-order valence-electron chi connectivity index (χ2n) is 5.71. The van der Waals surface area contributed by atoms with Gasteiger partial charge in [0.05, 0.1) is 21.3 Å². The van der Waals surface area contributed by atoms with Crippen LogP contribution in [0.5, 0.6) is 5.75 Å². The first-order valence-corrected chi connectivity index (χ1v) is 7.65. The van der Waals surface area contributed by atoms with E-state index in [0.29, 0.717) is 24.4 Å². The first kappa shape index (κ1) is 16.3. The summed E-state index contributed by atoms with van der Waals surface area (Å²) in [5.41, 5.74) is 0.683. The lowest BCUT2D eigenvalue weighted by molar-refractivity contribution is -0.161. The molecule has 0 saturated heterocycles. The van der Waals surface area contributed by atoms with Crippen LogP contribution in [0.4, 0.5) is 0 Å². The molecule has 1 aromatic heterocycles. The fraction of sp³-hybridized carbons (Fsp3) is 0.412. The van der Waals surface area contributed by atoms with Crippen LogP contribution in [0.1, 0.15) is 11.3 Å². The summed E-state index contributed by atoms with van der Waals surface area (Å²) in [7, 11) is 4.12. The molecule has 7 nitrogen and oxygen atoms in total. The molecule has 24 heavy (non-hydrogen) atoms. The number of methoxy groups -OCH3 is 3. The van der Waals surface area contributed by atoms with Gasteiger partial charge in [0.15, 0.2) is 0 Å². The van der Waals surface area contributed by atoms with Crippen molar-refractivity contribution in [3.8, 4) is 5.75 Å². The summed E-state index contributed by atoms with van der Waals surface area (Å²) in [5.74, 6) is -0.606. The molecule has 0 amide bonds. The first-order valence-electron chi connectivity index (χ1n) is 7.65. The van der Waals surface area contributed by atoms with E-state index in [1.165, 1.54) is 14.2 Å². The molecule has 128 valence electrons. The third-order valence-electron chi connectivity index (χ3n) is 4.55. The number of hydrogen-bond donors (Lipinski definition) is 2. The van der Waals surface area contributed by atoms with Crippen molar-refractivity contribution >= 4 is 22.8 Å². The van der Waals surface area contributed by atoms with E-state index in [4.69, 9.17) is 14.2 Å². The Bertz CT molecular complexity index is 780. The van der Waals surface area contributed by atoms with Crippen LogP contribution in [0.2, 0.25) is 0 Å². The minimum absolute atomic E-state index is 0.114. The van der Waals surface area contributed by atoms with E-state index in [2.05, 4.69) is 10.3 Å². The second-order valence-corrected chi connectivity index (χ2v) is 5.71. The number of aromatic amines is 1. The van der Waals surface area contributed by atoms with E-state index in [-0.39, 0.29) is 6.54 Å². The summed E-state index contributed by atoms with van der Waals surface area (Å²) < 4.78 is 15.1. The summed E-state index contributed by atoms with van der Waals surface area (Å²) in [6.45, 7) is 0.755. The highest BCUT2D eigenvalue weighted by molar-refractivity contribution is 6.08. The van der Waals surface area contributed by atoms with Crippen LogP contribution >= 0.6 is 0 Å². The van der Waals surface area contributed by atoms with Gasteiger partial charge in [-0.25, -0.2) is 0 Å². The lowest BCUT2D eigenvalue weighted by atomic mass is 9.82. The van der Waals surface area contributed by atoms with Crippen molar-refractivity contribution in [2.75, 3.05) is 34.4 Å². The van der Waals surface area contributed by atoms with Gasteiger partial charge in [-0.05, 0) is 30.7 Å².